The van der Waals surface area contributed by atoms with Crippen LogP contribution in [0.2, 0.25) is 0 Å². The lowest BCUT2D eigenvalue weighted by Crippen LogP contribution is -2.33. The van der Waals surface area contributed by atoms with E-state index in [1.54, 1.807) is 7.11 Å². The van der Waals surface area contributed by atoms with Gasteiger partial charge in [0.1, 0.15) is 12.4 Å². The van der Waals surface area contributed by atoms with Gasteiger partial charge in [0.2, 0.25) is 0 Å². The van der Waals surface area contributed by atoms with Gasteiger partial charge in [-0.15, -0.1) is 0 Å². The summed E-state index contributed by atoms with van der Waals surface area (Å²) in [6, 6.07) is 27.6. The normalized spacial score (nSPS) is 12.7. The van der Waals surface area contributed by atoms with Crippen molar-refractivity contribution in [1.29, 1.82) is 0 Å². The minimum atomic E-state index is -0.631. The van der Waals surface area contributed by atoms with Crippen molar-refractivity contribution in [3.8, 4) is 5.75 Å². The second-order valence-electron chi connectivity index (χ2n) is 10.5. The highest BCUT2D eigenvalue weighted by molar-refractivity contribution is 5.82. The maximum Gasteiger partial charge on any atom is 0.310 e. The molecule has 0 heterocycles. The van der Waals surface area contributed by atoms with Crippen LogP contribution in [0.5, 0.6) is 5.75 Å². The van der Waals surface area contributed by atoms with Crippen molar-refractivity contribution < 1.29 is 23.8 Å². The molecule has 5 nitrogen and oxygen atoms in total. The lowest BCUT2D eigenvalue weighted by atomic mass is 9.84. The molecule has 0 unspecified atom stereocenters. The number of allylic oxidation sites excluding steroid dienone is 1. The summed E-state index contributed by atoms with van der Waals surface area (Å²) in [5.74, 6) is -0.948. The van der Waals surface area contributed by atoms with E-state index in [4.69, 9.17) is 14.2 Å². The lowest BCUT2D eigenvalue weighted by Gasteiger charge is -2.24. The highest BCUT2D eigenvalue weighted by Crippen LogP contribution is 2.27. The summed E-state index contributed by atoms with van der Waals surface area (Å²) in [5, 5.41) is 0. The zero-order valence-corrected chi connectivity index (χ0v) is 24.0. The van der Waals surface area contributed by atoms with Gasteiger partial charge in [0.05, 0.1) is 25.6 Å². The predicted molar refractivity (Wildman–Crippen MR) is 160 cm³/mol. The van der Waals surface area contributed by atoms with Gasteiger partial charge in [0.15, 0.2) is 0 Å². The molecule has 3 aromatic rings. The van der Waals surface area contributed by atoms with E-state index in [0.717, 1.165) is 36.1 Å². The highest BCUT2D eigenvalue weighted by Gasteiger charge is 2.35. The molecule has 5 heteroatoms. The standard InChI is InChI=1S/C35H42O5/c1-27(2)25-39-34(36)33(20-12-18-29-21-23-31(38-3)24-22-29)32(19-11-10-15-28-13-6-4-7-14-28)35(37)40-26-30-16-8-5-9-17-30/h4-9,12-14,16-18,21-24,27,32-33H,10-11,15,19-20,25-26H2,1-3H3/b18-12+/t32-,33+/m0/s1. The number of benzene rings is 3. The molecule has 0 spiro atoms. The van der Waals surface area contributed by atoms with Crippen LogP contribution in [-0.4, -0.2) is 25.7 Å². The van der Waals surface area contributed by atoms with Gasteiger partial charge in [0.25, 0.3) is 0 Å². The zero-order valence-electron chi connectivity index (χ0n) is 24.0. The van der Waals surface area contributed by atoms with Gasteiger partial charge in [0, 0.05) is 0 Å². The van der Waals surface area contributed by atoms with Crippen molar-refractivity contribution in [2.24, 2.45) is 17.8 Å². The van der Waals surface area contributed by atoms with Gasteiger partial charge < -0.3 is 14.2 Å². The van der Waals surface area contributed by atoms with E-state index in [-0.39, 0.29) is 24.5 Å². The van der Waals surface area contributed by atoms with Crippen molar-refractivity contribution in [1.82, 2.24) is 0 Å². The summed E-state index contributed by atoms with van der Waals surface area (Å²) in [7, 11) is 1.63. The molecule has 40 heavy (non-hydrogen) atoms. The van der Waals surface area contributed by atoms with E-state index >= 15 is 0 Å². The van der Waals surface area contributed by atoms with Gasteiger partial charge in [-0.25, -0.2) is 0 Å². The summed E-state index contributed by atoms with van der Waals surface area (Å²) in [4.78, 5) is 26.9. The topological polar surface area (TPSA) is 61.8 Å². The van der Waals surface area contributed by atoms with Crippen molar-refractivity contribution in [3.63, 3.8) is 0 Å². The first-order chi connectivity index (χ1) is 19.5. The van der Waals surface area contributed by atoms with E-state index in [2.05, 4.69) is 12.1 Å². The minimum absolute atomic E-state index is 0.176. The van der Waals surface area contributed by atoms with E-state index in [1.165, 1.54) is 5.56 Å². The monoisotopic (exact) mass is 542 g/mol. The first-order valence-electron chi connectivity index (χ1n) is 14.2. The Bertz CT molecular complexity index is 1170. The van der Waals surface area contributed by atoms with Crippen LogP contribution in [0.1, 0.15) is 56.2 Å². The molecule has 0 amide bonds. The van der Waals surface area contributed by atoms with Gasteiger partial charge >= 0.3 is 11.9 Å². The second-order valence-corrected chi connectivity index (χ2v) is 10.5. The molecule has 0 saturated heterocycles. The Hall–Kier alpha value is -3.86. The molecule has 0 aliphatic carbocycles. The number of esters is 2. The number of rotatable bonds is 16. The van der Waals surface area contributed by atoms with Gasteiger partial charge in [-0.2, -0.15) is 0 Å². The van der Waals surface area contributed by atoms with Gasteiger partial charge in [-0.3, -0.25) is 9.59 Å². The molecule has 0 bridgehead atoms. The molecule has 0 aliphatic rings. The molecule has 3 aromatic carbocycles. The predicted octanol–water partition coefficient (Wildman–Crippen LogP) is 7.69. The largest absolute Gasteiger partial charge is 0.497 e. The van der Waals surface area contributed by atoms with Crippen LogP contribution in [-0.2, 0) is 32.1 Å². The number of aryl methyl sites for hydroxylation is 1. The fourth-order valence-electron chi connectivity index (χ4n) is 4.50. The van der Waals surface area contributed by atoms with Crippen molar-refractivity contribution >= 4 is 18.0 Å². The van der Waals surface area contributed by atoms with Crippen LogP contribution in [0.3, 0.4) is 0 Å². The maximum absolute atomic E-state index is 13.5. The van der Waals surface area contributed by atoms with Gasteiger partial charge in [-0.05, 0) is 60.4 Å². The van der Waals surface area contributed by atoms with Crippen LogP contribution in [0, 0.1) is 17.8 Å². The third-order valence-electron chi connectivity index (χ3n) is 6.76. The summed E-state index contributed by atoms with van der Waals surface area (Å²) in [6.07, 6.45) is 7.49. The lowest BCUT2D eigenvalue weighted by molar-refractivity contribution is -0.162. The zero-order chi connectivity index (χ0) is 28.6. The Morgan fingerprint density at radius 2 is 1.38 bits per heavy atom. The van der Waals surface area contributed by atoms with E-state index < -0.39 is 11.8 Å². The minimum Gasteiger partial charge on any atom is -0.497 e. The SMILES string of the molecule is COc1ccc(/C=C/C[C@@H](C(=O)OCC(C)C)[C@H](CCCCc2ccccc2)C(=O)OCc2ccccc2)cc1. The molecule has 0 radical (unpaired) electrons. The number of carbonyl (C=O) groups excluding carboxylic acids is 2. The summed E-state index contributed by atoms with van der Waals surface area (Å²) in [5.41, 5.74) is 3.17. The fourth-order valence-corrected chi connectivity index (χ4v) is 4.50. The Morgan fingerprint density at radius 1 is 0.750 bits per heavy atom. The average molecular weight is 543 g/mol. The first-order valence-corrected chi connectivity index (χ1v) is 14.2. The quantitative estimate of drug-likeness (QED) is 0.137. The number of hydrogen-bond acceptors (Lipinski definition) is 5. The molecule has 0 fully saturated rings. The fraction of sp³-hybridized carbons (Fsp3) is 0.371. The molecule has 212 valence electrons. The van der Waals surface area contributed by atoms with Crippen LogP contribution in [0.15, 0.2) is 91.0 Å². The molecular weight excluding hydrogens is 500 g/mol. The third-order valence-corrected chi connectivity index (χ3v) is 6.76. The molecule has 3 rings (SSSR count). The van der Waals surface area contributed by atoms with Gasteiger partial charge in [-0.1, -0.05) is 105 Å². The number of carbonyl (C=O) groups is 2. The number of hydrogen-bond donors (Lipinski definition) is 0. The summed E-state index contributed by atoms with van der Waals surface area (Å²) in [6.45, 7) is 4.50. The average Bonchev–Trinajstić information content (AvgIpc) is 2.98. The molecule has 0 saturated carbocycles. The molecule has 2 atom stereocenters. The molecular formula is C35H42O5. The Labute approximate surface area is 239 Å². The molecule has 0 aliphatic heterocycles. The van der Waals surface area contributed by atoms with Crippen LogP contribution in [0.25, 0.3) is 6.08 Å². The Balaban J connectivity index is 1.75. The van der Waals surface area contributed by atoms with E-state index in [1.807, 2.05) is 98.8 Å². The maximum atomic E-state index is 13.5. The Morgan fingerprint density at radius 3 is 2.00 bits per heavy atom. The van der Waals surface area contributed by atoms with Crippen LogP contribution >= 0.6 is 0 Å². The third kappa shape index (κ3) is 10.7. The second kappa shape index (κ2) is 17.0. The van der Waals surface area contributed by atoms with Crippen LogP contribution in [0.4, 0.5) is 0 Å². The Kier molecular flexibility index (Phi) is 13.0. The van der Waals surface area contributed by atoms with Crippen molar-refractivity contribution in [3.05, 3.63) is 108 Å². The van der Waals surface area contributed by atoms with E-state index in [0.29, 0.717) is 19.4 Å². The van der Waals surface area contributed by atoms with Crippen molar-refractivity contribution in [2.75, 3.05) is 13.7 Å². The molecule has 0 N–H and O–H groups in total. The van der Waals surface area contributed by atoms with Crippen molar-refractivity contribution in [2.45, 2.75) is 52.6 Å². The first kappa shape index (κ1) is 30.7. The summed E-state index contributed by atoms with van der Waals surface area (Å²) >= 11 is 0. The summed E-state index contributed by atoms with van der Waals surface area (Å²) < 4.78 is 16.7. The number of ether oxygens (including phenoxy) is 3. The van der Waals surface area contributed by atoms with E-state index in [9.17, 15) is 9.59 Å². The smallest absolute Gasteiger partial charge is 0.310 e. The molecule has 0 aromatic heterocycles. The highest BCUT2D eigenvalue weighted by atomic mass is 16.5. The number of methoxy groups -OCH3 is 1. The van der Waals surface area contributed by atoms with Crippen LogP contribution < -0.4 is 4.74 Å². The number of unbranched alkanes of at least 4 members (excludes halogenated alkanes) is 1.